The van der Waals surface area contributed by atoms with E-state index in [4.69, 9.17) is 9.51 Å². The first-order valence-electron chi connectivity index (χ1n) is 8.73. The van der Waals surface area contributed by atoms with Crippen molar-refractivity contribution in [3.63, 3.8) is 0 Å². The van der Waals surface area contributed by atoms with Crippen LogP contribution >= 0.6 is 0 Å². The van der Waals surface area contributed by atoms with Gasteiger partial charge in [-0.05, 0) is 12.1 Å². The molecule has 0 saturated heterocycles. The van der Waals surface area contributed by atoms with Gasteiger partial charge in [-0.2, -0.15) is 4.98 Å². The first-order valence-corrected chi connectivity index (χ1v) is 8.73. The van der Waals surface area contributed by atoms with Gasteiger partial charge in [-0.15, -0.1) is 0 Å². The third-order valence-electron chi connectivity index (χ3n) is 4.47. The number of fused-ring (bicyclic) bond motifs is 1. The quantitative estimate of drug-likeness (QED) is 0.424. The Labute approximate surface area is 156 Å². The van der Waals surface area contributed by atoms with Crippen LogP contribution in [0, 0.1) is 0 Å². The maximum atomic E-state index is 5.62. The second-order valence-electron chi connectivity index (χ2n) is 6.23. The summed E-state index contributed by atoms with van der Waals surface area (Å²) in [4.78, 5) is 9.44. The Bertz CT molecular complexity index is 1210. The topological polar surface area (TPSA) is 51.8 Å². The van der Waals surface area contributed by atoms with E-state index in [0.29, 0.717) is 11.7 Å². The summed E-state index contributed by atoms with van der Waals surface area (Å²) in [6.07, 6.45) is 0. The molecule has 2 heterocycles. The van der Waals surface area contributed by atoms with E-state index in [1.807, 2.05) is 91.0 Å². The molecule has 2 aromatic heterocycles. The minimum atomic E-state index is 0.490. The van der Waals surface area contributed by atoms with Gasteiger partial charge in [0.15, 0.2) is 0 Å². The van der Waals surface area contributed by atoms with E-state index >= 15 is 0 Å². The Balaban J connectivity index is 1.70. The van der Waals surface area contributed by atoms with E-state index in [1.54, 1.807) is 0 Å². The van der Waals surface area contributed by atoms with Crippen LogP contribution in [0.4, 0.5) is 0 Å². The molecule has 0 aliphatic heterocycles. The van der Waals surface area contributed by atoms with Crippen LogP contribution in [-0.4, -0.2) is 15.1 Å². The Morgan fingerprint density at radius 2 is 1.30 bits per heavy atom. The highest BCUT2D eigenvalue weighted by atomic mass is 16.5. The lowest BCUT2D eigenvalue weighted by molar-refractivity contribution is 0.432. The number of rotatable bonds is 3. The lowest BCUT2D eigenvalue weighted by Crippen LogP contribution is -1.90. The van der Waals surface area contributed by atoms with E-state index in [0.717, 1.165) is 33.3 Å². The molecule has 4 heteroatoms. The smallest absolute Gasteiger partial charge is 0.259 e. The van der Waals surface area contributed by atoms with E-state index in [1.165, 1.54) is 0 Å². The van der Waals surface area contributed by atoms with Gasteiger partial charge in [0.25, 0.3) is 5.89 Å². The molecule has 0 radical (unpaired) electrons. The van der Waals surface area contributed by atoms with Gasteiger partial charge in [0.1, 0.15) is 0 Å². The van der Waals surface area contributed by atoms with Gasteiger partial charge < -0.3 is 4.52 Å². The van der Waals surface area contributed by atoms with Gasteiger partial charge in [0, 0.05) is 16.5 Å². The standard InChI is InChI=1S/C23H15N3O/c1-3-9-16(10-4-1)21-15-19(18-13-7-8-14-20(18)24-21)23-25-22(26-27-23)17-11-5-2-6-12-17/h1-15H. The third kappa shape index (κ3) is 2.87. The summed E-state index contributed by atoms with van der Waals surface area (Å²) in [6.45, 7) is 0. The average Bonchev–Trinajstić information content (AvgIpc) is 3.24. The van der Waals surface area contributed by atoms with Crippen molar-refractivity contribution in [3.05, 3.63) is 91.0 Å². The summed E-state index contributed by atoms with van der Waals surface area (Å²) in [5.74, 6) is 1.07. The van der Waals surface area contributed by atoms with Crippen molar-refractivity contribution in [2.24, 2.45) is 0 Å². The van der Waals surface area contributed by atoms with Gasteiger partial charge in [0.2, 0.25) is 5.82 Å². The largest absolute Gasteiger partial charge is 0.334 e. The molecule has 0 saturated carbocycles. The molecule has 128 valence electrons. The number of pyridine rings is 1. The SMILES string of the molecule is c1ccc(-c2cc(-c3nc(-c4ccccc4)no3)c3ccccc3n2)cc1. The lowest BCUT2D eigenvalue weighted by atomic mass is 10.0. The number of hydrogen-bond donors (Lipinski definition) is 0. The van der Waals surface area contributed by atoms with Gasteiger partial charge >= 0.3 is 0 Å². The summed E-state index contributed by atoms with van der Waals surface area (Å²) in [5.41, 5.74) is 4.63. The molecule has 0 spiro atoms. The molecule has 5 rings (SSSR count). The number of nitrogens with zero attached hydrogens (tertiary/aromatic N) is 3. The highest BCUT2D eigenvalue weighted by molar-refractivity contribution is 5.94. The zero-order chi connectivity index (χ0) is 18.1. The maximum absolute atomic E-state index is 5.62. The zero-order valence-corrected chi connectivity index (χ0v) is 14.4. The second-order valence-corrected chi connectivity index (χ2v) is 6.23. The zero-order valence-electron chi connectivity index (χ0n) is 14.4. The molecular formula is C23H15N3O. The fraction of sp³-hybridized carbons (Fsp3) is 0. The van der Waals surface area contributed by atoms with Crippen LogP contribution in [0.2, 0.25) is 0 Å². The lowest BCUT2D eigenvalue weighted by Gasteiger charge is -2.07. The van der Waals surface area contributed by atoms with Crippen molar-refractivity contribution < 1.29 is 4.52 Å². The van der Waals surface area contributed by atoms with E-state index in [2.05, 4.69) is 10.1 Å². The summed E-state index contributed by atoms with van der Waals surface area (Å²) in [6, 6.07) is 29.9. The van der Waals surface area contributed by atoms with Gasteiger partial charge in [0.05, 0.1) is 16.8 Å². The Kier molecular flexibility index (Phi) is 3.72. The number of benzene rings is 3. The van der Waals surface area contributed by atoms with Crippen LogP contribution in [0.25, 0.3) is 45.0 Å². The van der Waals surface area contributed by atoms with Crippen LogP contribution in [0.5, 0.6) is 0 Å². The molecule has 3 aromatic carbocycles. The van der Waals surface area contributed by atoms with Gasteiger partial charge in [-0.25, -0.2) is 4.98 Å². The van der Waals surface area contributed by atoms with Crippen LogP contribution in [-0.2, 0) is 0 Å². The molecule has 0 atom stereocenters. The van der Waals surface area contributed by atoms with Gasteiger partial charge in [-0.3, -0.25) is 0 Å². The van der Waals surface area contributed by atoms with E-state index < -0.39 is 0 Å². The molecule has 0 aliphatic carbocycles. The molecule has 0 fully saturated rings. The molecule has 0 amide bonds. The molecule has 0 unspecified atom stereocenters. The van der Waals surface area contributed by atoms with Crippen LogP contribution in [0.1, 0.15) is 0 Å². The number of para-hydroxylation sites is 1. The summed E-state index contributed by atoms with van der Waals surface area (Å²) >= 11 is 0. The predicted octanol–water partition coefficient (Wildman–Crippen LogP) is 5.62. The van der Waals surface area contributed by atoms with Crippen LogP contribution in [0.3, 0.4) is 0 Å². The van der Waals surface area contributed by atoms with Gasteiger partial charge in [-0.1, -0.05) is 84.0 Å². The second kappa shape index (κ2) is 6.50. The summed E-state index contributed by atoms with van der Waals surface area (Å²) in [5, 5.41) is 5.15. The van der Waals surface area contributed by atoms with E-state index in [9.17, 15) is 0 Å². The van der Waals surface area contributed by atoms with Crippen molar-refractivity contribution in [1.29, 1.82) is 0 Å². The summed E-state index contributed by atoms with van der Waals surface area (Å²) in [7, 11) is 0. The van der Waals surface area contributed by atoms with Crippen molar-refractivity contribution in [2.45, 2.75) is 0 Å². The van der Waals surface area contributed by atoms with Crippen LogP contribution < -0.4 is 0 Å². The van der Waals surface area contributed by atoms with Crippen LogP contribution in [0.15, 0.2) is 95.5 Å². The number of hydrogen-bond acceptors (Lipinski definition) is 4. The molecule has 0 bridgehead atoms. The van der Waals surface area contributed by atoms with Crippen molar-refractivity contribution >= 4 is 10.9 Å². The maximum Gasteiger partial charge on any atom is 0.259 e. The first-order chi connectivity index (χ1) is 13.4. The molecular weight excluding hydrogens is 334 g/mol. The monoisotopic (exact) mass is 349 g/mol. The Hall–Kier alpha value is -3.79. The minimum absolute atomic E-state index is 0.490. The van der Waals surface area contributed by atoms with E-state index in [-0.39, 0.29) is 0 Å². The van der Waals surface area contributed by atoms with Crippen molar-refractivity contribution in [3.8, 4) is 34.1 Å². The fourth-order valence-electron chi connectivity index (χ4n) is 3.15. The van der Waals surface area contributed by atoms with Crippen molar-refractivity contribution in [2.75, 3.05) is 0 Å². The molecule has 0 N–H and O–H groups in total. The normalized spacial score (nSPS) is 11.0. The Morgan fingerprint density at radius 3 is 2.07 bits per heavy atom. The third-order valence-corrected chi connectivity index (χ3v) is 4.47. The Morgan fingerprint density at radius 1 is 0.630 bits per heavy atom. The minimum Gasteiger partial charge on any atom is -0.334 e. The molecule has 27 heavy (non-hydrogen) atoms. The number of aromatic nitrogens is 3. The van der Waals surface area contributed by atoms with Crippen molar-refractivity contribution in [1.82, 2.24) is 15.1 Å². The highest BCUT2D eigenvalue weighted by Gasteiger charge is 2.15. The first kappa shape index (κ1) is 15.5. The predicted molar refractivity (Wildman–Crippen MR) is 106 cm³/mol. The average molecular weight is 349 g/mol. The molecule has 4 nitrogen and oxygen atoms in total. The fourth-order valence-corrected chi connectivity index (χ4v) is 3.15. The molecule has 5 aromatic rings. The highest BCUT2D eigenvalue weighted by Crippen LogP contribution is 2.32. The molecule has 0 aliphatic rings. The summed E-state index contributed by atoms with van der Waals surface area (Å²) < 4.78 is 5.62.